The maximum atomic E-state index is 12.2. The number of nitrogens with two attached hydrogens (primary N) is 1. The number of hydrogen-bond acceptors (Lipinski definition) is 4. The lowest BCUT2D eigenvalue weighted by atomic mass is 10.1. The van der Waals surface area contributed by atoms with Gasteiger partial charge in [-0.2, -0.15) is 0 Å². The van der Waals surface area contributed by atoms with E-state index in [4.69, 9.17) is 10.5 Å². The quantitative estimate of drug-likeness (QED) is 0.927. The fourth-order valence-corrected chi connectivity index (χ4v) is 2.18. The van der Waals surface area contributed by atoms with Crippen LogP contribution in [0.25, 0.3) is 0 Å². The van der Waals surface area contributed by atoms with E-state index in [-0.39, 0.29) is 6.09 Å². The summed E-state index contributed by atoms with van der Waals surface area (Å²) in [6, 6.07) is 8.01. The van der Waals surface area contributed by atoms with Gasteiger partial charge in [-0.15, -0.1) is 0 Å². The number of hydrogen-bond donors (Lipinski definition) is 1. The number of aliphatic imine (C=N–C) groups is 1. The van der Waals surface area contributed by atoms with Crippen molar-refractivity contribution in [1.29, 1.82) is 0 Å². The molecule has 2 N–H and O–H groups in total. The molecule has 5 heteroatoms. The van der Waals surface area contributed by atoms with Gasteiger partial charge in [-0.05, 0) is 39.3 Å². The first-order chi connectivity index (χ1) is 9.90. The van der Waals surface area contributed by atoms with Crippen LogP contribution < -0.4 is 5.73 Å². The molecule has 0 bridgehead atoms. The lowest BCUT2D eigenvalue weighted by Gasteiger charge is -2.25. The van der Waals surface area contributed by atoms with Gasteiger partial charge in [0.1, 0.15) is 11.4 Å². The molecular formula is C16H23N3O2. The van der Waals surface area contributed by atoms with Gasteiger partial charge >= 0.3 is 6.09 Å². The minimum Gasteiger partial charge on any atom is -0.443 e. The highest BCUT2D eigenvalue weighted by atomic mass is 16.6. The molecule has 114 valence electrons. The van der Waals surface area contributed by atoms with Crippen LogP contribution in [0.15, 0.2) is 29.3 Å². The van der Waals surface area contributed by atoms with Crippen molar-refractivity contribution in [3.63, 3.8) is 0 Å². The molecule has 0 saturated carbocycles. The Morgan fingerprint density at radius 2 is 2.00 bits per heavy atom. The first-order valence-corrected chi connectivity index (χ1v) is 7.25. The van der Waals surface area contributed by atoms with Gasteiger partial charge in [-0.25, -0.2) is 4.79 Å². The fraction of sp³-hybridized carbons (Fsp3) is 0.500. The summed E-state index contributed by atoms with van der Waals surface area (Å²) in [5.74, 6) is 0.684. The molecule has 0 radical (unpaired) electrons. The largest absolute Gasteiger partial charge is 0.443 e. The summed E-state index contributed by atoms with van der Waals surface area (Å²) in [5, 5.41) is 0. The second-order valence-corrected chi connectivity index (χ2v) is 6.07. The van der Waals surface area contributed by atoms with E-state index in [1.54, 1.807) is 4.90 Å². The summed E-state index contributed by atoms with van der Waals surface area (Å²) in [4.78, 5) is 18.3. The van der Waals surface area contributed by atoms with Crippen LogP contribution in [0.1, 0.15) is 31.9 Å². The van der Waals surface area contributed by atoms with Crippen molar-refractivity contribution >= 4 is 11.9 Å². The van der Waals surface area contributed by atoms with Gasteiger partial charge < -0.3 is 10.5 Å². The molecular weight excluding hydrogens is 266 g/mol. The van der Waals surface area contributed by atoms with Crippen molar-refractivity contribution in [3.05, 3.63) is 35.4 Å². The highest BCUT2D eigenvalue weighted by Gasteiger charge is 2.29. The van der Waals surface area contributed by atoms with Gasteiger partial charge in [0.15, 0.2) is 0 Å². The van der Waals surface area contributed by atoms with Crippen LogP contribution in [-0.2, 0) is 11.2 Å². The third-order valence-electron chi connectivity index (χ3n) is 3.10. The van der Waals surface area contributed by atoms with Crippen LogP contribution >= 0.6 is 0 Å². The summed E-state index contributed by atoms with van der Waals surface area (Å²) in [5.41, 5.74) is 7.16. The molecule has 1 aliphatic heterocycles. The fourth-order valence-electron chi connectivity index (χ4n) is 2.18. The molecule has 0 fully saturated rings. The molecule has 0 saturated heterocycles. The minimum absolute atomic E-state index is 0.343. The van der Waals surface area contributed by atoms with Crippen LogP contribution in [0.3, 0.4) is 0 Å². The van der Waals surface area contributed by atoms with Crippen molar-refractivity contribution < 1.29 is 9.53 Å². The Bertz CT molecular complexity index is 529. The van der Waals surface area contributed by atoms with Gasteiger partial charge in [-0.1, -0.05) is 24.3 Å². The van der Waals surface area contributed by atoms with E-state index in [9.17, 15) is 4.79 Å². The molecule has 1 aromatic rings. The Morgan fingerprint density at radius 1 is 1.33 bits per heavy atom. The summed E-state index contributed by atoms with van der Waals surface area (Å²) in [6.07, 6.45) is 0.507. The number of benzene rings is 1. The number of carbonyl (C=O) groups is 1. The predicted octanol–water partition coefficient (Wildman–Crippen LogP) is 2.19. The number of carbonyl (C=O) groups excluding carboxylic acids is 1. The minimum atomic E-state index is -0.504. The van der Waals surface area contributed by atoms with E-state index >= 15 is 0 Å². The number of amidine groups is 1. The van der Waals surface area contributed by atoms with E-state index in [2.05, 4.69) is 4.99 Å². The molecule has 0 spiro atoms. The molecule has 1 aromatic carbocycles. The van der Waals surface area contributed by atoms with Crippen LogP contribution in [0.4, 0.5) is 4.79 Å². The van der Waals surface area contributed by atoms with Crippen LogP contribution in [0.5, 0.6) is 0 Å². The Hall–Kier alpha value is -1.88. The van der Waals surface area contributed by atoms with E-state index in [1.165, 1.54) is 5.56 Å². The van der Waals surface area contributed by atoms with Crippen molar-refractivity contribution in [3.8, 4) is 0 Å². The zero-order valence-electron chi connectivity index (χ0n) is 12.9. The molecule has 1 amide bonds. The number of ether oxygens (including phenoxy) is 1. The lowest BCUT2D eigenvalue weighted by molar-refractivity contribution is 0.0385. The average Bonchev–Trinajstić information content (AvgIpc) is 2.87. The molecule has 0 atom stereocenters. The average molecular weight is 289 g/mol. The molecule has 1 aliphatic rings. The van der Waals surface area contributed by atoms with E-state index in [0.717, 1.165) is 12.0 Å². The van der Waals surface area contributed by atoms with Crippen molar-refractivity contribution in [2.24, 2.45) is 10.7 Å². The van der Waals surface area contributed by atoms with Gasteiger partial charge in [-0.3, -0.25) is 9.89 Å². The zero-order chi connectivity index (χ0) is 15.5. The van der Waals surface area contributed by atoms with Crippen LogP contribution in [-0.4, -0.2) is 42.1 Å². The normalized spacial score (nSPS) is 15.0. The van der Waals surface area contributed by atoms with Gasteiger partial charge in [0, 0.05) is 5.56 Å². The smallest absolute Gasteiger partial charge is 0.416 e. The second-order valence-electron chi connectivity index (χ2n) is 6.07. The first-order valence-electron chi connectivity index (χ1n) is 7.25. The highest BCUT2D eigenvalue weighted by Crippen LogP contribution is 2.17. The SMILES string of the molecule is CC(C)(C)OC(=O)N1CCN=C1c1ccc(CCN)cc1. The Balaban J connectivity index is 2.13. The van der Waals surface area contributed by atoms with Crippen LogP contribution in [0, 0.1) is 0 Å². The third-order valence-corrected chi connectivity index (χ3v) is 3.10. The number of rotatable bonds is 3. The van der Waals surface area contributed by atoms with Crippen molar-refractivity contribution in [1.82, 2.24) is 4.90 Å². The van der Waals surface area contributed by atoms with Crippen molar-refractivity contribution in [2.75, 3.05) is 19.6 Å². The monoisotopic (exact) mass is 289 g/mol. The number of amides is 1. The zero-order valence-corrected chi connectivity index (χ0v) is 12.9. The van der Waals surface area contributed by atoms with E-state index < -0.39 is 5.60 Å². The highest BCUT2D eigenvalue weighted by molar-refractivity contribution is 6.07. The summed E-state index contributed by atoms with van der Waals surface area (Å²) in [7, 11) is 0. The van der Waals surface area contributed by atoms with E-state index in [0.29, 0.717) is 25.5 Å². The van der Waals surface area contributed by atoms with Crippen LogP contribution in [0.2, 0.25) is 0 Å². The molecule has 0 aromatic heterocycles. The standard InChI is InChI=1S/C16H23N3O2/c1-16(2,3)21-15(20)19-11-10-18-14(19)13-6-4-12(5-7-13)8-9-17/h4-7H,8-11,17H2,1-3H3. The lowest BCUT2D eigenvalue weighted by Crippen LogP contribution is -2.39. The third kappa shape index (κ3) is 4.04. The Kier molecular flexibility index (Phi) is 4.63. The summed E-state index contributed by atoms with van der Waals surface area (Å²) < 4.78 is 5.43. The van der Waals surface area contributed by atoms with Gasteiger partial charge in [0.2, 0.25) is 0 Å². The predicted molar refractivity (Wildman–Crippen MR) is 83.5 cm³/mol. The second kappa shape index (κ2) is 6.26. The van der Waals surface area contributed by atoms with Gasteiger partial charge in [0.05, 0.1) is 13.1 Å². The Labute approximate surface area is 125 Å². The molecule has 5 nitrogen and oxygen atoms in total. The van der Waals surface area contributed by atoms with Gasteiger partial charge in [0.25, 0.3) is 0 Å². The topological polar surface area (TPSA) is 67.9 Å². The number of nitrogens with zero attached hydrogens (tertiary/aromatic N) is 2. The van der Waals surface area contributed by atoms with Crippen molar-refractivity contribution in [2.45, 2.75) is 32.8 Å². The first kappa shape index (κ1) is 15.5. The molecule has 2 rings (SSSR count). The molecule has 1 heterocycles. The molecule has 0 unspecified atom stereocenters. The Morgan fingerprint density at radius 3 is 2.57 bits per heavy atom. The summed E-state index contributed by atoms with van der Waals surface area (Å²) >= 11 is 0. The van der Waals surface area contributed by atoms with E-state index in [1.807, 2.05) is 45.0 Å². The maximum Gasteiger partial charge on any atom is 0.416 e. The molecule has 0 aliphatic carbocycles. The summed E-state index contributed by atoms with van der Waals surface area (Å²) in [6.45, 7) is 7.39. The maximum absolute atomic E-state index is 12.2. The molecule has 21 heavy (non-hydrogen) atoms.